The zero-order valence-corrected chi connectivity index (χ0v) is 6.25. The summed E-state index contributed by atoms with van der Waals surface area (Å²) in [4.78, 5) is 0. The van der Waals surface area contributed by atoms with Gasteiger partial charge < -0.3 is 14.6 Å². The molecule has 0 spiro atoms. The number of rotatable bonds is 6. The molecular weight excluding hydrogens is 132 g/mol. The Morgan fingerprint density at radius 2 is 2.40 bits per heavy atom. The van der Waals surface area contributed by atoms with Crippen molar-refractivity contribution < 1.29 is 14.6 Å². The summed E-state index contributed by atoms with van der Waals surface area (Å²) >= 11 is 0. The Hall–Kier alpha value is -0.380. The lowest BCUT2D eigenvalue weighted by molar-refractivity contribution is -0.0605. The van der Waals surface area contributed by atoms with Gasteiger partial charge in [-0.15, -0.1) is 6.58 Å². The minimum atomic E-state index is -0.0926. The summed E-state index contributed by atoms with van der Waals surface area (Å²) in [5.41, 5.74) is 0. The van der Waals surface area contributed by atoms with Crippen LogP contribution in [0.5, 0.6) is 0 Å². The lowest BCUT2D eigenvalue weighted by Gasteiger charge is -2.10. The first-order chi connectivity index (χ1) is 4.85. The van der Waals surface area contributed by atoms with Gasteiger partial charge in [0.2, 0.25) is 0 Å². The predicted molar refractivity (Wildman–Crippen MR) is 38.6 cm³/mol. The lowest BCUT2D eigenvalue weighted by atomic mass is 10.3. The second kappa shape index (κ2) is 6.74. The molecule has 0 saturated carbocycles. The van der Waals surface area contributed by atoms with E-state index in [1.807, 2.05) is 0 Å². The Balaban J connectivity index is 3.29. The van der Waals surface area contributed by atoms with Crippen LogP contribution in [0.3, 0.4) is 0 Å². The van der Waals surface area contributed by atoms with Crippen LogP contribution in [0.15, 0.2) is 12.7 Å². The first kappa shape index (κ1) is 9.62. The molecule has 0 aromatic carbocycles. The molecule has 10 heavy (non-hydrogen) atoms. The fraction of sp³-hybridized carbons (Fsp3) is 0.714. The number of aliphatic hydroxyl groups excluding tert-OH is 1. The van der Waals surface area contributed by atoms with E-state index in [1.54, 1.807) is 13.2 Å². The van der Waals surface area contributed by atoms with Crippen LogP contribution in [-0.2, 0) is 9.47 Å². The van der Waals surface area contributed by atoms with Gasteiger partial charge in [-0.05, 0) is 0 Å². The van der Waals surface area contributed by atoms with Crippen LogP contribution in [0.4, 0.5) is 0 Å². The molecule has 0 radical (unpaired) electrons. The van der Waals surface area contributed by atoms with Gasteiger partial charge in [-0.25, -0.2) is 0 Å². The van der Waals surface area contributed by atoms with E-state index in [1.165, 1.54) is 0 Å². The van der Waals surface area contributed by atoms with E-state index in [0.29, 0.717) is 6.42 Å². The van der Waals surface area contributed by atoms with E-state index in [2.05, 4.69) is 11.3 Å². The van der Waals surface area contributed by atoms with E-state index >= 15 is 0 Å². The normalized spacial score (nSPS) is 13.0. The number of hydrogen-bond donors (Lipinski definition) is 1. The van der Waals surface area contributed by atoms with Crippen LogP contribution in [0.1, 0.15) is 6.42 Å². The average Bonchev–Trinajstić information content (AvgIpc) is 1.98. The highest BCUT2D eigenvalue weighted by molar-refractivity contribution is 4.78. The molecule has 0 fully saturated rings. The van der Waals surface area contributed by atoms with E-state index in [0.717, 1.165) is 0 Å². The summed E-state index contributed by atoms with van der Waals surface area (Å²) in [5.74, 6) is 0. The molecule has 0 aliphatic carbocycles. The highest BCUT2D eigenvalue weighted by Gasteiger charge is 2.00. The maximum absolute atomic E-state index is 8.50. The van der Waals surface area contributed by atoms with E-state index in [4.69, 9.17) is 9.84 Å². The van der Waals surface area contributed by atoms with Crippen LogP contribution < -0.4 is 0 Å². The van der Waals surface area contributed by atoms with Gasteiger partial charge in [-0.2, -0.15) is 0 Å². The van der Waals surface area contributed by atoms with Crippen molar-refractivity contribution in [3.8, 4) is 0 Å². The molecule has 0 unspecified atom stereocenters. The van der Waals surface area contributed by atoms with Crippen LogP contribution in [0, 0.1) is 0 Å². The van der Waals surface area contributed by atoms with Gasteiger partial charge in [-0.1, -0.05) is 6.08 Å². The summed E-state index contributed by atoms with van der Waals surface area (Å²) in [6.07, 6.45) is 2.13. The molecule has 0 aromatic rings. The summed E-state index contributed by atoms with van der Waals surface area (Å²) in [7, 11) is 1.55. The fourth-order valence-corrected chi connectivity index (χ4v) is 0.552. The average molecular weight is 146 g/mol. The largest absolute Gasteiger partial charge is 0.396 e. The molecule has 0 bridgehead atoms. The van der Waals surface area contributed by atoms with Crippen molar-refractivity contribution >= 4 is 0 Å². The van der Waals surface area contributed by atoms with Crippen molar-refractivity contribution in [2.24, 2.45) is 0 Å². The van der Waals surface area contributed by atoms with Crippen molar-refractivity contribution in [3.05, 3.63) is 12.7 Å². The van der Waals surface area contributed by atoms with E-state index < -0.39 is 0 Å². The smallest absolute Gasteiger partial charge is 0.147 e. The van der Waals surface area contributed by atoms with Gasteiger partial charge in [0.1, 0.15) is 6.79 Å². The minimum absolute atomic E-state index is 0.0926. The summed E-state index contributed by atoms with van der Waals surface area (Å²) in [6, 6.07) is 0. The Morgan fingerprint density at radius 3 is 2.80 bits per heavy atom. The Kier molecular flexibility index (Phi) is 6.48. The van der Waals surface area contributed by atoms with Crippen LogP contribution in [0.2, 0.25) is 0 Å². The number of hydrogen-bond acceptors (Lipinski definition) is 3. The third kappa shape index (κ3) is 4.49. The molecule has 0 aliphatic rings. The Morgan fingerprint density at radius 1 is 1.70 bits per heavy atom. The number of methoxy groups -OCH3 is 1. The summed E-state index contributed by atoms with van der Waals surface area (Å²) < 4.78 is 9.75. The molecule has 0 aliphatic heterocycles. The summed E-state index contributed by atoms with van der Waals surface area (Å²) in [6.45, 7) is 3.90. The van der Waals surface area contributed by atoms with Gasteiger partial charge in [0.15, 0.2) is 0 Å². The van der Waals surface area contributed by atoms with Gasteiger partial charge >= 0.3 is 0 Å². The van der Waals surface area contributed by atoms with Crippen LogP contribution in [-0.4, -0.2) is 31.7 Å². The monoisotopic (exact) mass is 146 g/mol. The Labute approximate surface area is 61.3 Å². The molecule has 0 rings (SSSR count). The highest BCUT2D eigenvalue weighted by Crippen LogP contribution is 1.97. The van der Waals surface area contributed by atoms with Crippen LogP contribution in [0.25, 0.3) is 0 Å². The zero-order chi connectivity index (χ0) is 7.82. The van der Waals surface area contributed by atoms with Gasteiger partial charge in [0, 0.05) is 20.1 Å². The van der Waals surface area contributed by atoms with E-state index in [9.17, 15) is 0 Å². The quantitative estimate of drug-likeness (QED) is 0.439. The first-order valence-electron chi connectivity index (χ1n) is 3.19. The molecular formula is C7H14O3. The van der Waals surface area contributed by atoms with Crippen molar-refractivity contribution in [2.45, 2.75) is 12.5 Å². The molecule has 0 saturated heterocycles. The number of ether oxygens (including phenoxy) is 2. The maximum atomic E-state index is 8.50. The molecule has 3 heteroatoms. The molecule has 0 aromatic heterocycles. The van der Waals surface area contributed by atoms with Crippen molar-refractivity contribution in [1.82, 2.24) is 0 Å². The SMILES string of the molecule is C=C[C@H](CCO)OCOC. The predicted octanol–water partition coefficient (Wildman–Crippen LogP) is 0.544. The van der Waals surface area contributed by atoms with Crippen molar-refractivity contribution in [2.75, 3.05) is 20.5 Å². The third-order valence-electron chi connectivity index (χ3n) is 1.08. The molecule has 0 amide bonds. The fourth-order valence-electron chi connectivity index (χ4n) is 0.552. The molecule has 60 valence electrons. The number of aliphatic hydroxyl groups is 1. The maximum Gasteiger partial charge on any atom is 0.147 e. The van der Waals surface area contributed by atoms with Crippen molar-refractivity contribution in [3.63, 3.8) is 0 Å². The summed E-state index contributed by atoms with van der Waals surface area (Å²) in [5, 5.41) is 8.50. The minimum Gasteiger partial charge on any atom is -0.396 e. The standard InChI is InChI=1S/C7H14O3/c1-3-7(4-5-8)10-6-9-2/h3,7-8H,1,4-6H2,2H3/t7-/m1/s1. The second-order valence-electron chi connectivity index (χ2n) is 1.86. The molecule has 3 nitrogen and oxygen atoms in total. The van der Waals surface area contributed by atoms with Gasteiger partial charge in [0.25, 0.3) is 0 Å². The Bertz CT molecular complexity index is 82.9. The molecule has 0 heterocycles. The van der Waals surface area contributed by atoms with Gasteiger partial charge in [0.05, 0.1) is 6.10 Å². The zero-order valence-electron chi connectivity index (χ0n) is 6.25. The molecule has 1 N–H and O–H groups in total. The van der Waals surface area contributed by atoms with Gasteiger partial charge in [-0.3, -0.25) is 0 Å². The highest BCUT2D eigenvalue weighted by atomic mass is 16.7. The third-order valence-corrected chi connectivity index (χ3v) is 1.08. The topological polar surface area (TPSA) is 38.7 Å². The first-order valence-corrected chi connectivity index (χ1v) is 3.19. The van der Waals surface area contributed by atoms with Crippen LogP contribution >= 0.6 is 0 Å². The van der Waals surface area contributed by atoms with Crippen molar-refractivity contribution in [1.29, 1.82) is 0 Å². The molecule has 1 atom stereocenters. The second-order valence-corrected chi connectivity index (χ2v) is 1.86. The lowest BCUT2D eigenvalue weighted by Crippen LogP contribution is -2.12. The van der Waals surface area contributed by atoms with E-state index in [-0.39, 0.29) is 19.5 Å².